The molecular formula is C16H10BrClN2O3S. The second-order valence-corrected chi connectivity index (χ2v) is 8.33. The topological polar surface area (TPSA) is 87.0 Å². The number of benzene rings is 2. The van der Waals surface area contributed by atoms with Crippen molar-refractivity contribution in [2.75, 3.05) is 0 Å². The van der Waals surface area contributed by atoms with E-state index in [2.05, 4.69) is 20.7 Å². The molecule has 1 N–H and O–H groups in total. The SMILES string of the molecule is N#Cc1cc(Br)cc(S(=O)(=O)NC(=O)C2Cc3c(Cl)cccc32)c1. The molecule has 0 saturated heterocycles. The van der Waals surface area contributed by atoms with Gasteiger partial charge in [-0.1, -0.05) is 39.7 Å². The molecule has 0 aliphatic heterocycles. The molecule has 0 radical (unpaired) electrons. The zero-order valence-corrected chi connectivity index (χ0v) is 15.2. The molecule has 5 nitrogen and oxygen atoms in total. The lowest BCUT2D eigenvalue weighted by molar-refractivity contribution is -0.121. The van der Waals surface area contributed by atoms with Gasteiger partial charge in [0, 0.05) is 9.50 Å². The number of sulfonamides is 1. The van der Waals surface area contributed by atoms with Crippen LogP contribution in [0.3, 0.4) is 0 Å². The quantitative estimate of drug-likeness (QED) is 0.818. The standard InChI is InChI=1S/C16H10BrClN2O3S/c17-10-4-9(8-19)5-11(6-10)24(22,23)20-16(21)14-7-13-12(14)2-1-3-15(13)18/h1-6,14H,7H2,(H,20,21). The van der Waals surface area contributed by atoms with Gasteiger partial charge in [0.25, 0.3) is 10.0 Å². The number of nitrogens with zero attached hydrogens (tertiary/aromatic N) is 1. The van der Waals surface area contributed by atoms with Gasteiger partial charge in [-0.3, -0.25) is 4.79 Å². The predicted molar refractivity (Wildman–Crippen MR) is 92.1 cm³/mol. The number of hydrogen-bond acceptors (Lipinski definition) is 4. The zero-order chi connectivity index (χ0) is 17.5. The molecule has 1 aliphatic carbocycles. The number of nitrogens with one attached hydrogen (secondary N) is 1. The van der Waals surface area contributed by atoms with Crippen LogP contribution in [0.1, 0.15) is 22.6 Å². The molecule has 24 heavy (non-hydrogen) atoms. The number of hydrogen-bond donors (Lipinski definition) is 1. The summed E-state index contributed by atoms with van der Waals surface area (Å²) in [7, 11) is -4.06. The fourth-order valence-corrected chi connectivity index (χ4v) is 4.57. The number of amides is 1. The Kier molecular flexibility index (Phi) is 4.38. The number of rotatable bonds is 3. The summed E-state index contributed by atoms with van der Waals surface area (Å²) in [4.78, 5) is 12.2. The molecule has 0 heterocycles. The molecule has 2 aromatic rings. The predicted octanol–water partition coefficient (Wildman–Crippen LogP) is 3.12. The Morgan fingerprint density at radius 1 is 1.33 bits per heavy atom. The Morgan fingerprint density at radius 2 is 2.08 bits per heavy atom. The minimum Gasteiger partial charge on any atom is -0.273 e. The van der Waals surface area contributed by atoms with Gasteiger partial charge in [0.1, 0.15) is 0 Å². The molecule has 122 valence electrons. The van der Waals surface area contributed by atoms with Crippen molar-refractivity contribution in [3.05, 3.63) is 62.6 Å². The third kappa shape index (κ3) is 3.05. The van der Waals surface area contributed by atoms with Gasteiger partial charge >= 0.3 is 0 Å². The van der Waals surface area contributed by atoms with Gasteiger partial charge in [0.05, 0.1) is 22.4 Å². The first kappa shape index (κ1) is 17.0. The maximum absolute atomic E-state index is 12.4. The van der Waals surface area contributed by atoms with Crippen LogP contribution in [0, 0.1) is 11.3 Å². The van der Waals surface area contributed by atoms with Gasteiger partial charge in [0.15, 0.2) is 0 Å². The first-order chi connectivity index (χ1) is 11.3. The zero-order valence-electron chi connectivity index (χ0n) is 12.1. The molecule has 1 atom stereocenters. The number of carbonyl (C=O) groups is 1. The summed E-state index contributed by atoms with van der Waals surface area (Å²) in [6.45, 7) is 0. The number of fused-ring (bicyclic) bond motifs is 1. The molecule has 0 bridgehead atoms. The van der Waals surface area contributed by atoms with E-state index in [9.17, 15) is 13.2 Å². The van der Waals surface area contributed by atoms with Crippen molar-refractivity contribution in [2.24, 2.45) is 0 Å². The Hall–Kier alpha value is -1.88. The first-order valence-electron chi connectivity index (χ1n) is 6.86. The summed E-state index contributed by atoms with van der Waals surface area (Å²) in [6, 6.07) is 11.1. The van der Waals surface area contributed by atoms with Gasteiger partial charge in [-0.05, 0) is 41.8 Å². The van der Waals surface area contributed by atoms with Crippen LogP contribution in [-0.4, -0.2) is 14.3 Å². The molecule has 1 unspecified atom stereocenters. The summed E-state index contributed by atoms with van der Waals surface area (Å²) in [5, 5.41) is 9.51. The van der Waals surface area contributed by atoms with E-state index in [0.29, 0.717) is 15.9 Å². The highest BCUT2D eigenvalue weighted by Gasteiger charge is 2.35. The molecular weight excluding hydrogens is 416 g/mol. The van der Waals surface area contributed by atoms with Crippen LogP contribution >= 0.6 is 27.5 Å². The van der Waals surface area contributed by atoms with Gasteiger partial charge in [-0.25, -0.2) is 13.1 Å². The highest BCUT2D eigenvalue weighted by Crippen LogP contribution is 2.39. The van der Waals surface area contributed by atoms with Gasteiger partial charge < -0.3 is 0 Å². The van der Waals surface area contributed by atoms with Gasteiger partial charge in [0.2, 0.25) is 5.91 Å². The minimum atomic E-state index is -4.06. The Bertz CT molecular complexity index is 999. The van der Waals surface area contributed by atoms with Crippen molar-refractivity contribution in [2.45, 2.75) is 17.2 Å². The fraction of sp³-hybridized carbons (Fsp3) is 0.125. The Morgan fingerprint density at radius 3 is 2.79 bits per heavy atom. The first-order valence-corrected chi connectivity index (χ1v) is 9.52. The summed E-state index contributed by atoms with van der Waals surface area (Å²) in [5.74, 6) is -1.15. The molecule has 0 saturated carbocycles. The second kappa shape index (κ2) is 6.20. The average Bonchev–Trinajstić information content (AvgIpc) is 2.48. The van der Waals surface area contributed by atoms with Gasteiger partial charge in [-0.15, -0.1) is 0 Å². The van der Waals surface area contributed by atoms with Crippen molar-refractivity contribution in [3.63, 3.8) is 0 Å². The monoisotopic (exact) mass is 424 g/mol. The lowest BCUT2D eigenvalue weighted by Crippen LogP contribution is -2.39. The lowest BCUT2D eigenvalue weighted by Gasteiger charge is -2.29. The number of halogens is 2. The summed E-state index contributed by atoms with van der Waals surface area (Å²) >= 11 is 9.18. The molecule has 3 rings (SSSR count). The van der Waals surface area contributed by atoms with E-state index in [-0.39, 0.29) is 10.5 Å². The summed E-state index contributed by atoms with van der Waals surface area (Å²) in [6.07, 6.45) is 0.401. The molecule has 1 amide bonds. The maximum atomic E-state index is 12.4. The van der Waals surface area contributed by atoms with Crippen LogP contribution < -0.4 is 4.72 Å². The third-order valence-electron chi connectivity index (χ3n) is 3.80. The fourth-order valence-electron chi connectivity index (χ4n) is 2.58. The molecule has 0 spiro atoms. The average molecular weight is 426 g/mol. The smallest absolute Gasteiger partial charge is 0.264 e. The van der Waals surface area contributed by atoms with Crippen molar-refractivity contribution < 1.29 is 13.2 Å². The third-order valence-corrected chi connectivity index (χ3v) is 5.94. The van der Waals surface area contributed by atoms with Crippen LogP contribution in [0.2, 0.25) is 5.02 Å². The normalized spacial score (nSPS) is 15.8. The van der Waals surface area contributed by atoms with Crippen molar-refractivity contribution in [1.82, 2.24) is 4.72 Å². The van der Waals surface area contributed by atoms with Crippen LogP contribution in [0.5, 0.6) is 0 Å². The van der Waals surface area contributed by atoms with E-state index >= 15 is 0 Å². The van der Waals surface area contributed by atoms with Crippen molar-refractivity contribution in [1.29, 1.82) is 5.26 Å². The van der Waals surface area contributed by atoms with E-state index in [0.717, 1.165) is 11.1 Å². The Balaban J connectivity index is 1.85. The van der Waals surface area contributed by atoms with Crippen LogP contribution in [0.4, 0.5) is 0 Å². The van der Waals surface area contributed by atoms with E-state index in [1.165, 1.54) is 18.2 Å². The lowest BCUT2D eigenvalue weighted by atomic mass is 9.77. The minimum absolute atomic E-state index is 0.146. The van der Waals surface area contributed by atoms with E-state index in [1.54, 1.807) is 18.2 Å². The van der Waals surface area contributed by atoms with E-state index in [1.807, 2.05) is 6.07 Å². The highest BCUT2D eigenvalue weighted by molar-refractivity contribution is 9.10. The second-order valence-electron chi connectivity index (χ2n) is 5.32. The number of nitriles is 1. The van der Waals surface area contributed by atoms with Crippen LogP contribution in [-0.2, 0) is 21.2 Å². The van der Waals surface area contributed by atoms with E-state index < -0.39 is 21.8 Å². The summed E-state index contributed by atoms with van der Waals surface area (Å²) in [5.41, 5.74) is 1.78. The Labute approximate surface area is 152 Å². The van der Waals surface area contributed by atoms with Crippen molar-refractivity contribution in [3.8, 4) is 6.07 Å². The van der Waals surface area contributed by atoms with Crippen LogP contribution in [0.15, 0.2) is 45.8 Å². The molecule has 2 aromatic carbocycles. The summed E-state index contributed by atoms with van der Waals surface area (Å²) < 4.78 is 27.3. The van der Waals surface area contributed by atoms with Crippen molar-refractivity contribution >= 4 is 43.5 Å². The highest BCUT2D eigenvalue weighted by atomic mass is 79.9. The van der Waals surface area contributed by atoms with Gasteiger partial charge in [-0.2, -0.15) is 5.26 Å². The largest absolute Gasteiger partial charge is 0.273 e. The molecule has 0 aromatic heterocycles. The maximum Gasteiger partial charge on any atom is 0.264 e. The van der Waals surface area contributed by atoms with Crippen LogP contribution in [0.25, 0.3) is 0 Å². The molecule has 1 aliphatic rings. The molecule has 0 fully saturated rings. The van der Waals surface area contributed by atoms with E-state index in [4.69, 9.17) is 16.9 Å². The molecule has 8 heteroatoms. The number of carbonyl (C=O) groups excluding carboxylic acids is 1.